The van der Waals surface area contributed by atoms with Crippen LogP contribution in [0.15, 0.2) is 42.5 Å². The van der Waals surface area contributed by atoms with Crippen molar-refractivity contribution >= 4 is 11.6 Å². The van der Waals surface area contributed by atoms with E-state index in [2.05, 4.69) is 5.32 Å². The minimum atomic E-state index is -0.316. The number of anilines is 1. The summed E-state index contributed by atoms with van der Waals surface area (Å²) in [6.45, 7) is 2.03. The van der Waals surface area contributed by atoms with Crippen molar-refractivity contribution in [2.45, 2.75) is 25.8 Å². The average Bonchev–Trinajstić information content (AvgIpc) is 2.54. The Morgan fingerprint density at radius 2 is 2.00 bits per heavy atom. The molecular weight excluding hydrogens is 291 g/mol. The summed E-state index contributed by atoms with van der Waals surface area (Å²) in [4.78, 5) is 13.4. The summed E-state index contributed by atoms with van der Waals surface area (Å²) in [5, 5.41) is 3.23. The monoisotopic (exact) mass is 312 g/mol. The lowest BCUT2D eigenvalue weighted by atomic mass is 9.92. The molecular formula is C19H21FN2O. The highest BCUT2D eigenvalue weighted by Crippen LogP contribution is 2.37. The Kier molecular flexibility index (Phi) is 4.44. The van der Waals surface area contributed by atoms with Gasteiger partial charge >= 0.3 is 0 Å². The van der Waals surface area contributed by atoms with Gasteiger partial charge in [0.15, 0.2) is 0 Å². The normalized spacial score (nSPS) is 17.0. The van der Waals surface area contributed by atoms with Gasteiger partial charge in [0.1, 0.15) is 5.82 Å². The van der Waals surface area contributed by atoms with Crippen LogP contribution in [0.25, 0.3) is 0 Å². The lowest BCUT2D eigenvalue weighted by Gasteiger charge is -2.34. The van der Waals surface area contributed by atoms with Gasteiger partial charge in [-0.25, -0.2) is 4.39 Å². The second-order valence-corrected chi connectivity index (χ2v) is 5.98. The third kappa shape index (κ3) is 3.13. The zero-order chi connectivity index (χ0) is 16.4. The van der Waals surface area contributed by atoms with E-state index in [-0.39, 0.29) is 17.8 Å². The number of hydrogen-bond donors (Lipinski definition) is 1. The lowest BCUT2D eigenvalue weighted by Crippen LogP contribution is -2.38. The van der Waals surface area contributed by atoms with Gasteiger partial charge in [0.25, 0.3) is 0 Å². The minimum Gasteiger partial charge on any atom is -0.313 e. The van der Waals surface area contributed by atoms with Crippen molar-refractivity contribution in [3.8, 4) is 0 Å². The van der Waals surface area contributed by atoms with Gasteiger partial charge in [-0.2, -0.15) is 0 Å². The maximum atomic E-state index is 14.7. The van der Waals surface area contributed by atoms with E-state index in [0.29, 0.717) is 18.7 Å². The predicted molar refractivity (Wildman–Crippen MR) is 90.1 cm³/mol. The Bertz CT molecular complexity index is 715. The molecule has 1 N–H and O–H groups in total. The number of nitrogens with one attached hydrogen (secondary N) is 1. The summed E-state index contributed by atoms with van der Waals surface area (Å²) in [6, 6.07) is 13.7. The molecule has 0 saturated carbocycles. The van der Waals surface area contributed by atoms with E-state index < -0.39 is 0 Å². The molecule has 1 atom stereocenters. The van der Waals surface area contributed by atoms with Crippen LogP contribution in [0, 0.1) is 5.82 Å². The molecule has 2 aromatic rings. The van der Waals surface area contributed by atoms with E-state index in [1.807, 2.05) is 43.4 Å². The maximum absolute atomic E-state index is 14.7. The van der Waals surface area contributed by atoms with Crippen molar-refractivity contribution in [1.29, 1.82) is 0 Å². The van der Waals surface area contributed by atoms with Crippen LogP contribution in [-0.2, 0) is 11.2 Å². The second kappa shape index (κ2) is 6.50. The van der Waals surface area contributed by atoms with E-state index >= 15 is 0 Å². The SMILES string of the molecule is CNC1CCN(C(C)=O)c2c(F)cc(Cc3ccccc3)cc21. The number of carbonyl (C=O) groups excluding carboxylic acids is 1. The van der Waals surface area contributed by atoms with Crippen molar-refractivity contribution in [3.63, 3.8) is 0 Å². The molecule has 2 aromatic carbocycles. The molecule has 1 amide bonds. The van der Waals surface area contributed by atoms with Crippen LogP contribution in [0.2, 0.25) is 0 Å². The van der Waals surface area contributed by atoms with Crippen molar-refractivity contribution in [1.82, 2.24) is 5.32 Å². The maximum Gasteiger partial charge on any atom is 0.223 e. The Morgan fingerprint density at radius 3 is 2.65 bits per heavy atom. The first-order valence-electron chi connectivity index (χ1n) is 7.91. The van der Waals surface area contributed by atoms with Crippen LogP contribution in [0.1, 0.15) is 36.1 Å². The number of fused-ring (bicyclic) bond motifs is 1. The molecule has 3 rings (SSSR count). The standard InChI is InChI=1S/C19H21FN2O/c1-13(23)22-9-8-18(21-2)16-11-15(12-17(20)19(16)22)10-14-6-4-3-5-7-14/h3-7,11-12,18,21H,8-10H2,1-2H3. The smallest absolute Gasteiger partial charge is 0.223 e. The van der Waals surface area contributed by atoms with Crippen molar-refractivity contribution in [2.24, 2.45) is 0 Å². The van der Waals surface area contributed by atoms with E-state index in [1.54, 1.807) is 11.0 Å². The number of rotatable bonds is 3. The highest BCUT2D eigenvalue weighted by molar-refractivity contribution is 5.93. The molecule has 1 unspecified atom stereocenters. The number of halogens is 1. The molecule has 0 aliphatic carbocycles. The molecule has 0 radical (unpaired) electrons. The Morgan fingerprint density at radius 1 is 1.26 bits per heavy atom. The van der Waals surface area contributed by atoms with Gasteiger partial charge in [0, 0.05) is 19.5 Å². The number of benzene rings is 2. The molecule has 4 heteroatoms. The number of hydrogen-bond acceptors (Lipinski definition) is 2. The highest BCUT2D eigenvalue weighted by atomic mass is 19.1. The van der Waals surface area contributed by atoms with Gasteiger partial charge in [-0.15, -0.1) is 0 Å². The molecule has 0 spiro atoms. The minimum absolute atomic E-state index is 0.0748. The summed E-state index contributed by atoms with van der Waals surface area (Å²) in [5.41, 5.74) is 3.38. The summed E-state index contributed by atoms with van der Waals surface area (Å²) < 4.78 is 14.7. The molecule has 3 nitrogen and oxygen atoms in total. The molecule has 1 heterocycles. The predicted octanol–water partition coefficient (Wildman–Crippen LogP) is 3.43. The molecule has 23 heavy (non-hydrogen) atoms. The van der Waals surface area contributed by atoms with Gasteiger partial charge in [0.2, 0.25) is 5.91 Å². The van der Waals surface area contributed by atoms with Gasteiger partial charge in [0.05, 0.1) is 5.69 Å². The van der Waals surface area contributed by atoms with Gasteiger partial charge in [-0.1, -0.05) is 36.4 Å². The molecule has 120 valence electrons. The largest absolute Gasteiger partial charge is 0.313 e. The molecule has 0 bridgehead atoms. The number of nitrogens with zero attached hydrogens (tertiary/aromatic N) is 1. The van der Waals surface area contributed by atoms with Crippen LogP contribution in [0.4, 0.5) is 10.1 Å². The number of carbonyl (C=O) groups is 1. The third-order valence-electron chi connectivity index (χ3n) is 4.42. The van der Waals surface area contributed by atoms with E-state index in [1.165, 1.54) is 6.92 Å². The summed E-state index contributed by atoms with van der Waals surface area (Å²) in [5.74, 6) is -0.431. The summed E-state index contributed by atoms with van der Waals surface area (Å²) >= 11 is 0. The van der Waals surface area contributed by atoms with Crippen molar-refractivity contribution < 1.29 is 9.18 Å². The van der Waals surface area contributed by atoms with Crippen LogP contribution in [-0.4, -0.2) is 19.5 Å². The van der Waals surface area contributed by atoms with E-state index in [9.17, 15) is 9.18 Å². The number of amides is 1. The van der Waals surface area contributed by atoms with E-state index in [0.717, 1.165) is 23.1 Å². The first kappa shape index (κ1) is 15.7. The summed E-state index contributed by atoms with van der Waals surface area (Å²) in [6.07, 6.45) is 1.47. The first-order chi connectivity index (χ1) is 11.1. The first-order valence-corrected chi connectivity index (χ1v) is 7.91. The van der Waals surface area contributed by atoms with Crippen LogP contribution >= 0.6 is 0 Å². The third-order valence-corrected chi connectivity index (χ3v) is 4.42. The molecule has 1 aliphatic rings. The zero-order valence-corrected chi connectivity index (χ0v) is 13.5. The van der Waals surface area contributed by atoms with Crippen molar-refractivity contribution in [3.05, 3.63) is 65.0 Å². The molecule has 1 aliphatic heterocycles. The molecule has 0 aromatic heterocycles. The summed E-state index contributed by atoms with van der Waals surface area (Å²) in [7, 11) is 1.87. The Hall–Kier alpha value is -2.20. The van der Waals surface area contributed by atoms with E-state index in [4.69, 9.17) is 0 Å². The fraction of sp³-hybridized carbons (Fsp3) is 0.316. The average molecular weight is 312 g/mol. The Balaban J connectivity index is 2.03. The topological polar surface area (TPSA) is 32.3 Å². The second-order valence-electron chi connectivity index (χ2n) is 5.98. The zero-order valence-electron chi connectivity index (χ0n) is 13.5. The van der Waals surface area contributed by atoms with Crippen LogP contribution in [0.3, 0.4) is 0 Å². The van der Waals surface area contributed by atoms with Crippen LogP contribution < -0.4 is 10.2 Å². The molecule has 0 saturated heterocycles. The highest BCUT2D eigenvalue weighted by Gasteiger charge is 2.29. The van der Waals surface area contributed by atoms with Gasteiger partial charge in [-0.3, -0.25) is 4.79 Å². The van der Waals surface area contributed by atoms with Gasteiger partial charge < -0.3 is 10.2 Å². The molecule has 0 fully saturated rings. The fourth-order valence-corrected chi connectivity index (χ4v) is 3.30. The lowest BCUT2D eigenvalue weighted by molar-refractivity contribution is -0.116. The quantitative estimate of drug-likeness (QED) is 0.941. The van der Waals surface area contributed by atoms with Crippen molar-refractivity contribution in [2.75, 3.05) is 18.5 Å². The Labute approximate surface area is 136 Å². The fourth-order valence-electron chi connectivity index (χ4n) is 3.30. The van der Waals surface area contributed by atoms with Crippen LogP contribution in [0.5, 0.6) is 0 Å². The van der Waals surface area contributed by atoms with Gasteiger partial charge in [-0.05, 0) is 42.6 Å².